The lowest BCUT2D eigenvalue weighted by Gasteiger charge is -2.29. The summed E-state index contributed by atoms with van der Waals surface area (Å²) in [6.45, 7) is 2.76. The second kappa shape index (κ2) is 8.24. The first-order chi connectivity index (χ1) is 10.3. The number of nitrogens with zero attached hydrogens (tertiary/aromatic N) is 4. The van der Waals surface area contributed by atoms with Crippen molar-refractivity contribution in [2.45, 2.75) is 58.0 Å². The standard InChI is InChI=1S/C15H27N5O/c1-3-4-5-6-7-8-9-12-13(10-21-2)19-15-17-11-18-20(15)14(12)16/h11-12,14H,3-10,16H2,1-2H3. The quantitative estimate of drug-likeness (QED) is 0.710. The van der Waals surface area contributed by atoms with Crippen molar-refractivity contribution in [2.75, 3.05) is 13.7 Å². The van der Waals surface area contributed by atoms with Crippen molar-refractivity contribution >= 4 is 11.7 Å². The Kier molecular flexibility index (Phi) is 6.32. The zero-order valence-corrected chi connectivity index (χ0v) is 13.2. The van der Waals surface area contributed by atoms with Gasteiger partial charge in [-0.2, -0.15) is 10.1 Å². The first-order valence-electron chi connectivity index (χ1n) is 7.99. The topological polar surface area (TPSA) is 78.3 Å². The summed E-state index contributed by atoms with van der Waals surface area (Å²) in [5, 5.41) is 4.18. The molecule has 1 aromatic heterocycles. The van der Waals surface area contributed by atoms with Gasteiger partial charge in [0.1, 0.15) is 12.5 Å². The van der Waals surface area contributed by atoms with Crippen molar-refractivity contribution in [1.82, 2.24) is 14.8 Å². The van der Waals surface area contributed by atoms with Crippen LogP contribution in [0.25, 0.3) is 0 Å². The molecule has 0 fully saturated rings. The van der Waals surface area contributed by atoms with Crippen molar-refractivity contribution in [3.63, 3.8) is 0 Å². The Balaban J connectivity index is 1.90. The smallest absolute Gasteiger partial charge is 0.249 e. The molecule has 118 valence electrons. The van der Waals surface area contributed by atoms with Crippen molar-refractivity contribution in [1.29, 1.82) is 0 Å². The molecule has 6 heteroatoms. The molecule has 2 atom stereocenters. The number of hydrogen-bond acceptors (Lipinski definition) is 5. The van der Waals surface area contributed by atoms with Crippen LogP contribution in [0.3, 0.4) is 0 Å². The molecule has 0 saturated carbocycles. The van der Waals surface area contributed by atoms with E-state index in [4.69, 9.17) is 10.5 Å². The molecular formula is C15H27N5O. The van der Waals surface area contributed by atoms with Gasteiger partial charge >= 0.3 is 0 Å². The normalized spacial score (nSPS) is 21.2. The Bertz CT molecular complexity index is 457. The Hall–Kier alpha value is -1.27. The number of hydrogen-bond donors (Lipinski definition) is 1. The molecule has 0 spiro atoms. The summed E-state index contributed by atoms with van der Waals surface area (Å²) < 4.78 is 6.99. The van der Waals surface area contributed by atoms with Gasteiger partial charge in [-0.3, -0.25) is 0 Å². The van der Waals surface area contributed by atoms with Gasteiger partial charge in [-0.1, -0.05) is 45.4 Å². The third-order valence-electron chi connectivity index (χ3n) is 4.08. The highest BCUT2D eigenvalue weighted by Crippen LogP contribution is 2.29. The number of aromatic nitrogens is 3. The van der Waals surface area contributed by atoms with Gasteiger partial charge in [0, 0.05) is 13.0 Å². The summed E-state index contributed by atoms with van der Waals surface area (Å²) in [6.07, 6.45) is 10.1. The highest BCUT2D eigenvalue weighted by atomic mass is 16.5. The lowest BCUT2D eigenvalue weighted by Crippen LogP contribution is -2.38. The average molecular weight is 293 g/mol. The summed E-state index contributed by atoms with van der Waals surface area (Å²) >= 11 is 0. The van der Waals surface area contributed by atoms with Gasteiger partial charge in [0.15, 0.2) is 0 Å². The van der Waals surface area contributed by atoms with Gasteiger partial charge in [0.2, 0.25) is 5.95 Å². The molecule has 2 heterocycles. The van der Waals surface area contributed by atoms with Crippen molar-refractivity contribution in [3.05, 3.63) is 6.33 Å². The Morgan fingerprint density at radius 3 is 2.76 bits per heavy atom. The van der Waals surface area contributed by atoms with Gasteiger partial charge in [-0.25, -0.2) is 9.67 Å². The maximum atomic E-state index is 6.34. The second-order valence-corrected chi connectivity index (χ2v) is 5.69. The molecule has 1 aliphatic rings. The van der Waals surface area contributed by atoms with E-state index in [1.807, 2.05) is 0 Å². The van der Waals surface area contributed by atoms with Crippen LogP contribution in [0, 0.1) is 5.92 Å². The zero-order chi connectivity index (χ0) is 15.1. The van der Waals surface area contributed by atoms with Crippen LogP contribution in [-0.2, 0) is 4.74 Å². The summed E-state index contributed by atoms with van der Waals surface area (Å²) in [5.41, 5.74) is 7.34. The summed E-state index contributed by atoms with van der Waals surface area (Å²) in [4.78, 5) is 8.69. The summed E-state index contributed by atoms with van der Waals surface area (Å²) in [5.74, 6) is 0.791. The van der Waals surface area contributed by atoms with E-state index in [1.165, 1.54) is 44.9 Å². The van der Waals surface area contributed by atoms with E-state index >= 15 is 0 Å². The minimum Gasteiger partial charge on any atom is -0.379 e. The van der Waals surface area contributed by atoms with E-state index in [0.29, 0.717) is 12.6 Å². The number of rotatable bonds is 9. The number of aliphatic imine (C=N–C) groups is 1. The Morgan fingerprint density at radius 1 is 1.24 bits per heavy atom. The number of unbranched alkanes of at least 4 members (excludes halogenated alkanes) is 5. The molecule has 6 nitrogen and oxygen atoms in total. The molecule has 0 saturated heterocycles. The van der Waals surface area contributed by atoms with Crippen LogP contribution in [-0.4, -0.2) is 34.2 Å². The van der Waals surface area contributed by atoms with E-state index in [1.54, 1.807) is 11.8 Å². The Labute approximate surface area is 126 Å². The lowest BCUT2D eigenvalue weighted by atomic mass is 9.92. The van der Waals surface area contributed by atoms with Gasteiger partial charge in [0.25, 0.3) is 0 Å². The summed E-state index contributed by atoms with van der Waals surface area (Å²) in [6, 6.07) is 0. The maximum Gasteiger partial charge on any atom is 0.249 e. The van der Waals surface area contributed by atoms with E-state index in [0.717, 1.165) is 12.1 Å². The van der Waals surface area contributed by atoms with Crippen LogP contribution < -0.4 is 5.73 Å². The molecule has 0 aromatic carbocycles. The van der Waals surface area contributed by atoms with E-state index < -0.39 is 0 Å². The third kappa shape index (κ3) is 4.11. The molecule has 1 aliphatic heterocycles. The third-order valence-corrected chi connectivity index (χ3v) is 4.08. The van der Waals surface area contributed by atoms with E-state index in [9.17, 15) is 0 Å². The van der Waals surface area contributed by atoms with Crippen molar-refractivity contribution in [3.8, 4) is 0 Å². The van der Waals surface area contributed by atoms with Crippen molar-refractivity contribution < 1.29 is 4.74 Å². The predicted octanol–water partition coefficient (Wildman–Crippen LogP) is 2.83. The van der Waals surface area contributed by atoms with E-state index in [-0.39, 0.29) is 12.1 Å². The number of fused-ring (bicyclic) bond motifs is 1. The lowest BCUT2D eigenvalue weighted by molar-refractivity contribution is 0.232. The monoisotopic (exact) mass is 293 g/mol. The van der Waals surface area contributed by atoms with Gasteiger partial charge in [-0.05, 0) is 6.42 Å². The average Bonchev–Trinajstić information content (AvgIpc) is 2.94. The molecule has 2 unspecified atom stereocenters. The minimum absolute atomic E-state index is 0.180. The molecule has 21 heavy (non-hydrogen) atoms. The highest BCUT2D eigenvalue weighted by molar-refractivity contribution is 5.90. The minimum atomic E-state index is -0.180. The molecule has 0 radical (unpaired) electrons. The first-order valence-corrected chi connectivity index (χ1v) is 7.99. The van der Waals surface area contributed by atoms with Crippen LogP contribution in [0.5, 0.6) is 0 Å². The predicted molar refractivity (Wildman–Crippen MR) is 83.7 cm³/mol. The zero-order valence-electron chi connectivity index (χ0n) is 13.2. The van der Waals surface area contributed by atoms with E-state index in [2.05, 4.69) is 22.0 Å². The molecule has 0 bridgehead atoms. The second-order valence-electron chi connectivity index (χ2n) is 5.69. The SMILES string of the molecule is CCCCCCCCC1C(COC)=Nc2ncnn2C1N. The van der Waals surface area contributed by atoms with Crippen LogP contribution in [0.15, 0.2) is 11.3 Å². The van der Waals surface area contributed by atoms with Gasteiger partial charge in [-0.15, -0.1) is 0 Å². The summed E-state index contributed by atoms with van der Waals surface area (Å²) in [7, 11) is 1.69. The number of methoxy groups -OCH3 is 1. The molecule has 2 N–H and O–H groups in total. The number of ether oxygens (including phenoxy) is 1. The van der Waals surface area contributed by atoms with Crippen LogP contribution in [0.2, 0.25) is 0 Å². The maximum absolute atomic E-state index is 6.34. The Morgan fingerprint density at radius 2 is 2.00 bits per heavy atom. The molecular weight excluding hydrogens is 266 g/mol. The van der Waals surface area contributed by atoms with Crippen LogP contribution in [0.1, 0.15) is 58.0 Å². The number of nitrogens with two attached hydrogens (primary N) is 1. The molecule has 0 amide bonds. The largest absolute Gasteiger partial charge is 0.379 e. The van der Waals surface area contributed by atoms with Crippen LogP contribution in [0.4, 0.5) is 5.95 Å². The fourth-order valence-electron chi connectivity index (χ4n) is 2.88. The fourth-order valence-corrected chi connectivity index (χ4v) is 2.88. The molecule has 0 aliphatic carbocycles. The molecule has 1 aromatic rings. The van der Waals surface area contributed by atoms with Crippen molar-refractivity contribution in [2.24, 2.45) is 16.6 Å². The fraction of sp³-hybridized carbons (Fsp3) is 0.800. The first kappa shape index (κ1) is 16.1. The highest BCUT2D eigenvalue weighted by Gasteiger charge is 2.31. The van der Waals surface area contributed by atoms with Gasteiger partial charge in [0.05, 0.1) is 12.3 Å². The van der Waals surface area contributed by atoms with Crippen LogP contribution >= 0.6 is 0 Å². The van der Waals surface area contributed by atoms with Gasteiger partial charge < -0.3 is 10.5 Å². The molecule has 2 rings (SSSR count).